The van der Waals surface area contributed by atoms with Crippen molar-refractivity contribution in [1.82, 2.24) is 4.98 Å². The van der Waals surface area contributed by atoms with E-state index in [0.717, 1.165) is 10.8 Å². The highest BCUT2D eigenvalue weighted by atomic mass is 32.1. The topological polar surface area (TPSA) is 62.2 Å². The first-order chi connectivity index (χ1) is 9.56. The molecule has 0 aliphatic carbocycles. The summed E-state index contributed by atoms with van der Waals surface area (Å²) >= 11 is 3.27. The molecule has 0 radical (unpaired) electrons. The first-order valence-electron chi connectivity index (χ1n) is 6.52. The molecule has 0 aliphatic rings. The van der Waals surface area contributed by atoms with Crippen molar-refractivity contribution in [3.05, 3.63) is 33.5 Å². The summed E-state index contributed by atoms with van der Waals surface area (Å²) < 4.78 is 0. The molecule has 2 aromatic heterocycles. The van der Waals surface area contributed by atoms with Gasteiger partial charge in [-0.15, -0.1) is 22.7 Å². The molecule has 0 saturated heterocycles. The zero-order chi connectivity index (χ0) is 14.5. The van der Waals surface area contributed by atoms with E-state index in [0.29, 0.717) is 12.3 Å². The third-order valence-corrected chi connectivity index (χ3v) is 4.72. The van der Waals surface area contributed by atoms with Crippen LogP contribution < -0.4 is 5.32 Å². The van der Waals surface area contributed by atoms with Crippen LogP contribution in [0.1, 0.15) is 36.9 Å². The van der Waals surface area contributed by atoms with Crippen molar-refractivity contribution in [2.75, 3.05) is 5.32 Å². The fourth-order valence-corrected chi connectivity index (χ4v) is 3.62. The number of nitrogens with zero attached hydrogens (tertiary/aromatic N) is 1. The summed E-state index contributed by atoms with van der Waals surface area (Å²) in [5.41, 5.74) is 0.841. The summed E-state index contributed by atoms with van der Waals surface area (Å²) in [6.45, 7) is 4.35. The normalized spacial score (nSPS) is 12.6. The van der Waals surface area contributed by atoms with Crippen LogP contribution in [0.2, 0.25) is 0 Å². The molecule has 2 rings (SSSR count). The maximum absolute atomic E-state index is 10.6. The number of hydrogen-bond donors (Lipinski definition) is 2. The van der Waals surface area contributed by atoms with Gasteiger partial charge >= 0.3 is 5.97 Å². The van der Waals surface area contributed by atoms with Gasteiger partial charge in [-0.2, -0.15) is 0 Å². The molecule has 0 spiro atoms. The van der Waals surface area contributed by atoms with E-state index < -0.39 is 5.97 Å². The van der Waals surface area contributed by atoms with Gasteiger partial charge in [0.2, 0.25) is 0 Å². The number of rotatable bonds is 7. The van der Waals surface area contributed by atoms with E-state index >= 15 is 0 Å². The predicted molar refractivity (Wildman–Crippen MR) is 83.6 cm³/mol. The third kappa shape index (κ3) is 4.05. The highest BCUT2D eigenvalue weighted by Gasteiger charge is 2.18. The summed E-state index contributed by atoms with van der Waals surface area (Å²) in [4.78, 5) is 16.3. The molecule has 6 heteroatoms. The lowest BCUT2D eigenvalue weighted by molar-refractivity contribution is -0.136. The molecule has 0 saturated carbocycles. The summed E-state index contributed by atoms with van der Waals surface area (Å²) in [5, 5.41) is 17.0. The first-order valence-corrected chi connectivity index (χ1v) is 8.28. The minimum atomic E-state index is -0.786. The average Bonchev–Trinajstić information content (AvgIpc) is 3.04. The minimum Gasteiger partial charge on any atom is -0.481 e. The quantitative estimate of drug-likeness (QED) is 0.810. The van der Waals surface area contributed by atoms with E-state index in [4.69, 9.17) is 5.11 Å². The summed E-state index contributed by atoms with van der Waals surface area (Å²) in [5.74, 6) is -0.328. The Hall–Kier alpha value is -1.40. The van der Waals surface area contributed by atoms with Gasteiger partial charge in [-0.3, -0.25) is 4.79 Å². The van der Waals surface area contributed by atoms with E-state index in [1.54, 1.807) is 11.3 Å². The molecular formula is C14H18N2O2S2. The van der Waals surface area contributed by atoms with Crippen molar-refractivity contribution in [3.8, 4) is 0 Å². The fraction of sp³-hybridized carbons (Fsp3) is 0.429. The largest absolute Gasteiger partial charge is 0.481 e. The number of carboxylic acid groups (broad SMARTS) is 1. The van der Waals surface area contributed by atoms with Gasteiger partial charge in [0, 0.05) is 16.7 Å². The highest BCUT2D eigenvalue weighted by molar-refractivity contribution is 7.13. The van der Waals surface area contributed by atoms with Crippen molar-refractivity contribution in [2.24, 2.45) is 5.92 Å². The van der Waals surface area contributed by atoms with Gasteiger partial charge in [0.25, 0.3) is 0 Å². The first kappa shape index (κ1) is 15.0. The molecule has 108 valence electrons. The van der Waals surface area contributed by atoms with Gasteiger partial charge in [0.05, 0.1) is 18.2 Å². The van der Waals surface area contributed by atoms with E-state index in [2.05, 4.69) is 41.7 Å². The number of aliphatic carboxylic acids is 1. The standard InChI is InChI=1S/C14H18N2O2S2/c1-9(2)13(11-4-3-7-19-11)16-14-15-10(8-20-14)5-6-12(17)18/h3-4,7-9,13H,5-6H2,1-2H3,(H,15,16)(H,17,18). The number of aryl methyl sites for hydroxylation is 1. The molecular weight excluding hydrogens is 292 g/mol. The van der Waals surface area contributed by atoms with Crippen LogP contribution >= 0.6 is 22.7 Å². The van der Waals surface area contributed by atoms with Crippen LogP contribution in [0.3, 0.4) is 0 Å². The molecule has 2 heterocycles. The van der Waals surface area contributed by atoms with Gasteiger partial charge < -0.3 is 10.4 Å². The number of carbonyl (C=O) groups is 1. The number of carboxylic acids is 1. The Morgan fingerprint density at radius 2 is 2.25 bits per heavy atom. The van der Waals surface area contributed by atoms with E-state index in [1.165, 1.54) is 16.2 Å². The van der Waals surface area contributed by atoms with Crippen LogP contribution in [0, 0.1) is 5.92 Å². The zero-order valence-electron chi connectivity index (χ0n) is 11.5. The predicted octanol–water partition coefficient (Wildman–Crippen LogP) is 4.03. The summed E-state index contributed by atoms with van der Waals surface area (Å²) in [6.07, 6.45) is 0.612. The SMILES string of the molecule is CC(C)C(Nc1nc(CCC(=O)O)cs1)c1cccs1. The second-order valence-corrected chi connectivity index (χ2v) is 6.76. The monoisotopic (exact) mass is 310 g/mol. The van der Waals surface area contributed by atoms with E-state index in [9.17, 15) is 4.79 Å². The lowest BCUT2D eigenvalue weighted by atomic mass is 10.0. The molecule has 0 fully saturated rings. The van der Waals surface area contributed by atoms with Crippen molar-refractivity contribution >= 4 is 33.8 Å². The maximum atomic E-state index is 10.6. The third-order valence-electron chi connectivity index (χ3n) is 2.94. The number of thiophene rings is 1. The molecule has 0 bridgehead atoms. The van der Waals surface area contributed by atoms with Crippen LogP contribution in [0.15, 0.2) is 22.9 Å². The summed E-state index contributed by atoms with van der Waals surface area (Å²) in [6, 6.07) is 4.42. The van der Waals surface area contributed by atoms with Crippen LogP contribution in [0.4, 0.5) is 5.13 Å². The molecule has 2 aromatic rings. The van der Waals surface area contributed by atoms with Gasteiger partial charge in [0.1, 0.15) is 0 Å². The molecule has 0 amide bonds. The van der Waals surface area contributed by atoms with Crippen molar-refractivity contribution in [3.63, 3.8) is 0 Å². The van der Waals surface area contributed by atoms with Crippen molar-refractivity contribution < 1.29 is 9.90 Å². The number of hydrogen-bond acceptors (Lipinski definition) is 5. The lowest BCUT2D eigenvalue weighted by Gasteiger charge is -2.20. The number of thiazole rings is 1. The van der Waals surface area contributed by atoms with Gasteiger partial charge in [-0.1, -0.05) is 19.9 Å². The molecule has 4 nitrogen and oxygen atoms in total. The Morgan fingerprint density at radius 3 is 2.85 bits per heavy atom. The number of aromatic nitrogens is 1. The number of nitrogens with one attached hydrogen (secondary N) is 1. The second-order valence-electron chi connectivity index (χ2n) is 4.92. The van der Waals surface area contributed by atoms with Crippen LogP contribution in [-0.4, -0.2) is 16.1 Å². The Labute approximate surface area is 126 Å². The molecule has 2 N–H and O–H groups in total. The van der Waals surface area contributed by atoms with Gasteiger partial charge in [-0.05, 0) is 17.4 Å². The molecule has 1 unspecified atom stereocenters. The average molecular weight is 310 g/mol. The molecule has 0 aromatic carbocycles. The van der Waals surface area contributed by atoms with Crippen molar-refractivity contribution in [1.29, 1.82) is 0 Å². The Morgan fingerprint density at radius 1 is 1.45 bits per heavy atom. The lowest BCUT2D eigenvalue weighted by Crippen LogP contribution is -2.15. The highest BCUT2D eigenvalue weighted by Crippen LogP contribution is 2.31. The van der Waals surface area contributed by atoms with Gasteiger partial charge in [-0.25, -0.2) is 4.98 Å². The Bertz CT molecular complexity index is 549. The molecule has 20 heavy (non-hydrogen) atoms. The maximum Gasteiger partial charge on any atom is 0.303 e. The second kappa shape index (κ2) is 6.85. The van der Waals surface area contributed by atoms with Crippen molar-refractivity contribution in [2.45, 2.75) is 32.7 Å². The van der Waals surface area contributed by atoms with E-state index in [1.807, 2.05) is 5.38 Å². The molecule has 0 aliphatic heterocycles. The summed E-state index contributed by atoms with van der Waals surface area (Å²) in [7, 11) is 0. The smallest absolute Gasteiger partial charge is 0.303 e. The van der Waals surface area contributed by atoms with Crippen LogP contribution in [0.25, 0.3) is 0 Å². The van der Waals surface area contributed by atoms with Gasteiger partial charge in [0.15, 0.2) is 5.13 Å². The Kier molecular flexibility index (Phi) is 5.14. The minimum absolute atomic E-state index is 0.127. The van der Waals surface area contributed by atoms with Crippen LogP contribution in [0.5, 0.6) is 0 Å². The Balaban J connectivity index is 2.02. The zero-order valence-corrected chi connectivity index (χ0v) is 13.1. The number of anilines is 1. The van der Waals surface area contributed by atoms with Crippen LogP contribution in [-0.2, 0) is 11.2 Å². The van der Waals surface area contributed by atoms with E-state index in [-0.39, 0.29) is 12.5 Å². The molecule has 1 atom stereocenters. The fourth-order valence-electron chi connectivity index (χ4n) is 1.89.